The van der Waals surface area contributed by atoms with Gasteiger partial charge in [-0.3, -0.25) is 4.79 Å². The molecule has 0 N–H and O–H groups in total. The summed E-state index contributed by atoms with van der Waals surface area (Å²) in [6.45, 7) is 3.83. The number of ether oxygens (including phenoxy) is 1. The van der Waals surface area contributed by atoms with E-state index in [1.165, 1.54) is 0 Å². The van der Waals surface area contributed by atoms with Gasteiger partial charge in [-0.25, -0.2) is 0 Å². The van der Waals surface area contributed by atoms with Crippen molar-refractivity contribution in [2.45, 2.75) is 26.4 Å². The fourth-order valence-corrected chi connectivity index (χ4v) is 1.58. The van der Waals surface area contributed by atoms with E-state index in [0.29, 0.717) is 0 Å². The first-order valence-corrected chi connectivity index (χ1v) is 4.79. The molecule has 11 heavy (non-hydrogen) atoms. The summed E-state index contributed by atoms with van der Waals surface area (Å²) in [7, 11) is 0. The largest absolute Gasteiger partial charge is 0.458 e. The van der Waals surface area contributed by atoms with E-state index in [1.807, 2.05) is 24.0 Å². The van der Waals surface area contributed by atoms with Crippen molar-refractivity contribution in [1.29, 1.82) is 0 Å². The van der Waals surface area contributed by atoms with Crippen LogP contribution in [0, 0.1) is 5.41 Å². The minimum atomic E-state index is -0.291. The predicted octanol–water partition coefficient (Wildman–Crippen LogP) is 2.28. The van der Waals surface area contributed by atoms with Crippen LogP contribution >= 0.6 is 22.6 Å². The average Bonchev–Trinajstić information content (AvgIpc) is 2.08. The number of cyclic esters (lactones) is 1. The van der Waals surface area contributed by atoms with Crippen molar-refractivity contribution in [3.63, 3.8) is 0 Å². The maximum atomic E-state index is 11.1. The maximum Gasteiger partial charge on any atom is 0.312 e. The third kappa shape index (κ3) is 1.95. The predicted molar refractivity (Wildman–Crippen MR) is 51.4 cm³/mol. The van der Waals surface area contributed by atoms with Gasteiger partial charge in [-0.15, -0.1) is 0 Å². The van der Waals surface area contributed by atoms with Crippen molar-refractivity contribution in [1.82, 2.24) is 0 Å². The molecule has 0 amide bonds. The number of rotatable bonds is 1. The van der Waals surface area contributed by atoms with Crippen LogP contribution in [0.3, 0.4) is 0 Å². The Kier molecular flexibility index (Phi) is 2.57. The molecule has 0 saturated carbocycles. The molecular formula is C8H11IO2. The second-order valence-electron chi connectivity index (χ2n) is 3.35. The Morgan fingerprint density at radius 3 is 2.73 bits per heavy atom. The molecule has 1 fully saturated rings. The number of hydrogen-bond donors (Lipinski definition) is 0. The summed E-state index contributed by atoms with van der Waals surface area (Å²) in [5, 5.41) is 0. The molecule has 0 aromatic carbocycles. The van der Waals surface area contributed by atoms with Gasteiger partial charge in [0.05, 0.1) is 5.41 Å². The summed E-state index contributed by atoms with van der Waals surface area (Å²) in [4.78, 5) is 11.1. The second kappa shape index (κ2) is 3.13. The van der Waals surface area contributed by atoms with Gasteiger partial charge in [0.15, 0.2) is 0 Å². The van der Waals surface area contributed by atoms with Crippen molar-refractivity contribution >= 4 is 28.6 Å². The van der Waals surface area contributed by atoms with Gasteiger partial charge in [0, 0.05) is 6.42 Å². The molecule has 1 heterocycles. The molecule has 3 heteroatoms. The zero-order valence-corrected chi connectivity index (χ0v) is 8.79. The standard InChI is InChI=1S/C8H11IO2/c1-8(2)5-6(3-4-9)11-7(8)10/h3-4,6H,5H2,1-2H3/b4-3+. The Labute approximate surface area is 80.1 Å². The van der Waals surface area contributed by atoms with Crippen molar-refractivity contribution in [2.75, 3.05) is 0 Å². The van der Waals surface area contributed by atoms with Gasteiger partial charge in [-0.1, -0.05) is 22.6 Å². The van der Waals surface area contributed by atoms with Gasteiger partial charge < -0.3 is 4.74 Å². The Bertz CT molecular complexity index is 196. The number of carbonyl (C=O) groups excluding carboxylic acids is 1. The van der Waals surface area contributed by atoms with Crippen LogP contribution in [0.25, 0.3) is 0 Å². The molecule has 0 spiro atoms. The molecule has 0 aromatic rings. The van der Waals surface area contributed by atoms with E-state index < -0.39 is 0 Å². The fraction of sp³-hybridized carbons (Fsp3) is 0.625. The minimum Gasteiger partial charge on any atom is -0.458 e. The van der Waals surface area contributed by atoms with E-state index in [4.69, 9.17) is 4.74 Å². The van der Waals surface area contributed by atoms with E-state index in [-0.39, 0.29) is 17.5 Å². The zero-order valence-electron chi connectivity index (χ0n) is 6.63. The molecule has 0 aromatic heterocycles. The van der Waals surface area contributed by atoms with Gasteiger partial charge in [0.25, 0.3) is 0 Å². The molecule has 62 valence electrons. The zero-order chi connectivity index (χ0) is 8.48. The highest BCUT2D eigenvalue weighted by molar-refractivity contribution is 14.1. The lowest BCUT2D eigenvalue weighted by atomic mass is 9.90. The highest BCUT2D eigenvalue weighted by Crippen LogP contribution is 2.33. The lowest BCUT2D eigenvalue weighted by molar-refractivity contribution is -0.146. The molecule has 0 aliphatic carbocycles. The van der Waals surface area contributed by atoms with Gasteiger partial charge in [-0.05, 0) is 24.0 Å². The summed E-state index contributed by atoms with van der Waals surface area (Å²) in [6, 6.07) is 0. The maximum absolute atomic E-state index is 11.1. The van der Waals surface area contributed by atoms with Crippen molar-refractivity contribution in [3.05, 3.63) is 10.2 Å². The van der Waals surface area contributed by atoms with Crippen LogP contribution in [-0.2, 0) is 9.53 Å². The fourth-order valence-electron chi connectivity index (χ4n) is 1.11. The second-order valence-corrected chi connectivity index (χ2v) is 4.07. The lowest BCUT2D eigenvalue weighted by Crippen LogP contribution is -2.16. The molecule has 0 radical (unpaired) electrons. The molecule has 1 rings (SSSR count). The van der Waals surface area contributed by atoms with E-state index in [2.05, 4.69) is 22.6 Å². The van der Waals surface area contributed by atoms with Crippen molar-refractivity contribution in [3.8, 4) is 0 Å². The Morgan fingerprint density at radius 2 is 2.36 bits per heavy atom. The topological polar surface area (TPSA) is 26.3 Å². The first-order valence-electron chi connectivity index (χ1n) is 3.54. The Morgan fingerprint density at radius 1 is 1.73 bits per heavy atom. The third-order valence-electron chi connectivity index (χ3n) is 1.81. The molecule has 1 unspecified atom stereocenters. The average molecular weight is 266 g/mol. The van der Waals surface area contributed by atoms with Crippen LogP contribution in [0.4, 0.5) is 0 Å². The number of halogens is 1. The number of carbonyl (C=O) groups is 1. The smallest absolute Gasteiger partial charge is 0.312 e. The first kappa shape index (κ1) is 9.03. The van der Waals surface area contributed by atoms with Crippen LogP contribution in [0.15, 0.2) is 10.2 Å². The van der Waals surface area contributed by atoms with Crippen molar-refractivity contribution < 1.29 is 9.53 Å². The SMILES string of the molecule is CC1(C)CC(/C=C/I)OC1=O. The van der Waals surface area contributed by atoms with Gasteiger partial charge >= 0.3 is 5.97 Å². The normalized spacial score (nSPS) is 29.4. The Balaban J connectivity index is 2.64. The summed E-state index contributed by atoms with van der Waals surface area (Å²) in [5.41, 5.74) is -0.291. The van der Waals surface area contributed by atoms with Gasteiger partial charge in [-0.2, -0.15) is 0 Å². The molecule has 2 nitrogen and oxygen atoms in total. The van der Waals surface area contributed by atoms with E-state index in [0.717, 1.165) is 6.42 Å². The molecule has 0 bridgehead atoms. The van der Waals surface area contributed by atoms with E-state index in [1.54, 1.807) is 0 Å². The molecule has 1 saturated heterocycles. The van der Waals surface area contributed by atoms with Gasteiger partial charge in [0.2, 0.25) is 0 Å². The summed E-state index contributed by atoms with van der Waals surface area (Å²) in [5.74, 6) is -0.0861. The van der Waals surface area contributed by atoms with Crippen molar-refractivity contribution in [2.24, 2.45) is 5.41 Å². The minimum absolute atomic E-state index is 0.00519. The molecular weight excluding hydrogens is 255 g/mol. The van der Waals surface area contributed by atoms with E-state index in [9.17, 15) is 4.79 Å². The number of hydrogen-bond acceptors (Lipinski definition) is 2. The first-order chi connectivity index (χ1) is 5.06. The van der Waals surface area contributed by atoms with Crippen LogP contribution in [0.5, 0.6) is 0 Å². The molecule has 1 aliphatic rings. The lowest BCUT2D eigenvalue weighted by Gasteiger charge is -2.08. The highest BCUT2D eigenvalue weighted by atomic mass is 127. The monoisotopic (exact) mass is 266 g/mol. The summed E-state index contributed by atoms with van der Waals surface area (Å²) < 4.78 is 6.97. The van der Waals surface area contributed by atoms with Gasteiger partial charge in [0.1, 0.15) is 6.10 Å². The summed E-state index contributed by atoms with van der Waals surface area (Å²) >= 11 is 2.12. The third-order valence-corrected chi connectivity index (χ3v) is 2.23. The Hall–Kier alpha value is -0.0600. The molecule has 1 atom stereocenters. The molecule has 1 aliphatic heterocycles. The summed E-state index contributed by atoms with van der Waals surface area (Å²) in [6.07, 6.45) is 2.70. The van der Waals surface area contributed by atoms with E-state index >= 15 is 0 Å². The van der Waals surface area contributed by atoms with Crippen LogP contribution in [0.2, 0.25) is 0 Å². The van der Waals surface area contributed by atoms with Crippen LogP contribution in [-0.4, -0.2) is 12.1 Å². The van der Waals surface area contributed by atoms with Crippen LogP contribution in [0.1, 0.15) is 20.3 Å². The van der Waals surface area contributed by atoms with Crippen LogP contribution < -0.4 is 0 Å². The quantitative estimate of drug-likeness (QED) is 0.537. The number of esters is 1. The highest BCUT2D eigenvalue weighted by Gasteiger charge is 2.40.